The number of aromatic nitrogens is 1. The second-order valence-electron chi connectivity index (χ2n) is 4.64. The molecule has 1 rings (SSSR count). The van der Waals surface area contributed by atoms with E-state index in [9.17, 15) is 4.79 Å². The lowest BCUT2D eigenvalue weighted by Crippen LogP contribution is -2.30. The predicted octanol–water partition coefficient (Wildman–Crippen LogP) is 2.19. The fraction of sp³-hybridized carbons (Fsp3) is 0.615. The van der Waals surface area contributed by atoms with Gasteiger partial charge >= 0.3 is 0 Å². The van der Waals surface area contributed by atoms with Crippen molar-refractivity contribution in [2.45, 2.75) is 20.3 Å². The third-order valence-electron chi connectivity index (χ3n) is 2.96. The summed E-state index contributed by atoms with van der Waals surface area (Å²) in [7, 11) is 3.91. The molecule has 1 aromatic heterocycles. The number of hydrogen-bond acceptors (Lipinski definition) is 2. The van der Waals surface area contributed by atoms with Crippen molar-refractivity contribution in [2.75, 3.05) is 20.1 Å². The number of likely N-dealkylation sites (N-methyl/N-ethyl adjacent to an activating group) is 1. The van der Waals surface area contributed by atoms with Gasteiger partial charge in [-0.3, -0.25) is 9.69 Å². The average Bonchev–Trinajstić information content (AvgIpc) is 2.63. The topological polar surface area (TPSA) is 25.2 Å². The highest BCUT2D eigenvalue weighted by Gasteiger charge is 2.13. The fourth-order valence-corrected chi connectivity index (χ4v) is 1.80. The Morgan fingerprint density at radius 1 is 1.56 bits per heavy atom. The third-order valence-corrected chi connectivity index (χ3v) is 2.96. The van der Waals surface area contributed by atoms with Crippen LogP contribution in [-0.4, -0.2) is 35.4 Å². The van der Waals surface area contributed by atoms with Crippen LogP contribution in [0.25, 0.3) is 0 Å². The third kappa shape index (κ3) is 3.49. The van der Waals surface area contributed by atoms with Gasteiger partial charge in [0.15, 0.2) is 5.78 Å². The quantitative estimate of drug-likeness (QED) is 0.689. The van der Waals surface area contributed by atoms with Crippen LogP contribution >= 0.6 is 0 Å². The van der Waals surface area contributed by atoms with Crippen molar-refractivity contribution in [2.24, 2.45) is 13.0 Å². The summed E-state index contributed by atoms with van der Waals surface area (Å²) in [5.41, 5.74) is 0.788. The molecule has 0 aliphatic rings. The van der Waals surface area contributed by atoms with E-state index in [-0.39, 0.29) is 5.78 Å². The van der Waals surface area contributed by atoms with Crippen LogP contribution in [0.5, 0.6) is 0 Å². The molecule has 0 N–H and O–H groups in total. The zero-order chi connectivity index (χ0) is 12.1. The molecule has 0 amide bonds. The summed E-state index contributed by atoms with van der Waals surface area (Å²) in [6, 6.07) is 3.78. The molecule has 0 radical (unpaired) electrons. The lowest BCUT2D eigenvalue weighted by molar-refractivity contribution is 0.0931. The number of ketones is 1. The first-order valence-corrected chi connectivity index (χ1v) is 5.87. The molecule has 0 spiro atoms. The van der Waals surface area contributed by atoms with Crippen molar-refractivity contribution in [1.82, 2.24) is 9.47 Å². The molecule has 0 bridgehead atoms. The molecule has 16 heavy (non-hydrogen) atoms. The zero-order valence-electron chi connectivity index (χ0n) is 10.7. The Morgan fingerprint density at radius 3 is 2.75 bits per heavy atom. The Morgan fingerprint density at radius 2 is 2.25 bits per heavy atom. The SMILES string of the molecule is CCC(C)CN(C)CC(=O)c1cccn1C. The first kappa shape index (κ1) is 13.0. The van der Waals surface area contributed by atoms with Crippen LogP contribution < -0.4 is 0 Å². The minimum Gasteiger partial charge on any atom is -0.348 e. The van der Waals surface area contributed by atoms with E-state index in [0.29, 0.717) is 12.5 Å². The van der Waals surface area contributed by atoms with Crippen molar-refractivity contribution >= 4 is 5.78 Å². The smallest absolute Gasteiger partial charge is 0.193 e. The monoisotopic (exact) mass is 222 g/mol. The van der Waals surface area contributed by atoms with Crippen LogP contribution in [0.1, 0.15) is 30.8 Å². The van der Waals surface area contributed by atoms with E-state index in [1.54, 1.807) is 0 Å². The van der Waals surface area contributed by atoms with Crippen LogP contribution in [-0.2, 0) is 7.05 Å². The number of hydrogen-bond donors (Lipinski definition) is 0. The standard InChI is InChI=1S/C13H22N2O/c1-5-11(2)9-14(3)10-13(16)12-7-6-8-15(12)4/h6-8,11H,5,9-10H2,1-4H3. The minimum absolute atomic E-state index is 0.193. The minimum atomic E-state index is 0.193. The van der Waals surface area contributed by atoms with Crippen molar-refractivity contribution < 1.29 is 4.79 Å². The molecule has 0 aliphatic carbocycles. The van der Waals surface area contributed by atoms with Crippen molar-refractivity contribution in [1.29, 1.82) is 0 Å². The highest BCUT2D eigenvalue weighted by Crippen LogP contribution is 2.05. The van der Waals surface area contributed by atoms with Gasteiger partial charge in [-0.1, -0.05) is 20.3 Å². The van der Waals surface area contributed by atoms with E-state index in [2.05, 4.69) is 18.7 Å². The maximum atomic E-state index is 11.9. The van der Waals surface area contributed by atoms with Crippen molar-refractivity contribution in [3.05, 3.63) is 24.0 Å². The fourth-order valence-electron chi connectivity index (χ4n) is 1.80. The van der Waals surface area contributed by atoms with Crippen LogP contribution in [0.2, 0.25) is 0 Å². The van der Waals surface area contributed by atoms with Crippen molar-refractivity contribution in [3.8, 4) is 0 Å². The molecule has 90 valence electrons. The van der Waals surface area contributed by atoms with Gasteiger partial charge in [0, 0.05) is 19.8 Å². The lowest BCUT2D eigenvalue weighted by atomic mass is 10.1. The van der Waals surface area contributed by atoms with Crippen LogP contribution in [0.4, 0.5) is 0 Å². The van der Waals surface area contributed by atoms with Gasteiger partial charge < -0.3 is 4.57 Å². The summed E-state index contributed by atoms with van der Waals surface area (Å²) < 4.78 is 1.87. The zero-order valence-corrected chi connectivity index (χ0v) is 10.7. The van der Waals surface area contributed by atoms with Crippen molar-refractivity contribution in [3.63, 3.8) is 0 Å². The van der Waals surface area contributed by atoms with Crippen LogP contribution in [0.3, 0.4) is 0 Å². The van der Waals surface area contributed by atoms with Crippen LogP contribution in [0.15, 0.2) is 18.3 Å². The number of aryl methyl sites for hydroxylation is 1. The number of nitrogens with zero attached hydrogens (tertiary/aromatic N) is 2. The van der Waals surface area contributed by atoms with Gasteiger partial charge in [0.1, 0.15) is 0 Å². The summed E-state index contributed by atoms with van der Waals surface area (Å²) in [5.74, 6) is 0.838. The van der Waals surface area contributed by atoms with E-state index < -0.39 is 0 Å². The number of Topliss-reactive ketones (excluding diaryl/α,β-unsaturated/α-hetero) is 1. The summed E-state index contributed by atoms with van der Waals surface area (Å²) in [6.07, 6.45) is 3.06. The highest BCUT2D eigenvalue weighted by molar-refractivity contribution is 5.96. The molecule has 0 aromatic carbocycles. The van der Waals surface area contributed by atoms with Gasteiger partial charge in [-0.2, -0.15) is 0 Å². The Hall–Kier alpha value is -1.09. The Kier molecular flexibility index (Phi) is 4.74. The summed E-state index contributed by atoms with van der Waals surface area (Å²) >= 11 is 0. The molecule has 3 heteroatoms. The Balaban J connectivity index is 2.49. The van der Waals surface area contributed by atoms with Gasteiger partial charge in [0.2, 0.25) is 0 Å². The summed E-state index contributed by atoms with van der Waals surface area (Å²) in [6.45, 7) is 5.87. The maximum absolute atomic E-state index is 11.9. The normalized spacial score (nSPS) is 13.1. The molecule has 1 unspecified atom stereocenters. The molecule has 1 heterocycles. The second kappa shape index (κ2) is 5.85. The largest absolute Gasteiger partial charge is 0.348 e. The first-order chi connectivity index (χ1) is 7.54. The number of carbonyl (C=O) groups is 1. The van der Waals surface area contributed by atoms with E-state index in [1.807, 2.05) is 37.0 Å². The van der Waals surface area contributed by atoms with Gasteiger partial charge in [-0.15, -0.1) is 0 Å². The van der Waals surface area contributed by atoms with E-state index in [0.717, 1.165) is 18.7 Å². The van der Waals surface area contributed by atoms with Gasteiger partial charge in [0.05, 0.1) is 12.2 Å². The maximum Gasteiger partial charge on any atom is 0.193 e. The molecule has 0 saturated carbocycles. The Bertz CT molecular complexity index is 343. The summed E-state index contributed by atoms with van der Waals surface area (Å²) in [5, 5.41) is 0. The van der Waals surface area contributed by atoms with Gasteiger partial charge in [0.25, 0.3) is 0 Å². The Labute approximate surface area is 98.1 Å². The van der Waals surface area contributed by atoms with Gasteiger partial charge in [-0.05, 0) is 25.1 Å². The molecule has 0 saturated heterocycles. The molecule has 1 atom stereocenters. The van der Waals surface area contributed by atoms with E-state index in [1.165, 1.54) is 0 Å². The van der Waals surface area contributed by atoms with E-state index >= 15 is 0 Å². The molecule has 0 aliphatic heterocycles. The number of rotatable bonds is 6. The van der Waals surface area contributed by atoms with Gasteiger partial charge in [-0.25, -0.2) is 0 Å². The lowest BCUT2D eigenvalue weighted by Gasteiger charge is -2.19. The molecule has 0 fully saturated rings. The molecule has 1 aromatic rings. The molecular formula is C13H22N2O. The molecule has 3 nitrogen and oxygen atoms in total. The van der Waals surface area contributed by atoms with E-state index in [4.69, 9.17) is 0 Å². The highest BCUT2D eigenvalue weighted by atomic mass is 16.1. The average molecular weight is 222 g/mol. The first-order valence-electron chi connectivity index (χ1n) is 5.87. The summed E-state index contributed by atoms with van der Waals surface area (Å²) in [4.78, 5) is 14.0. The number of carbonyl (C=O) groups excluding carboxylic acids is 1. The van der Waals surface area contributed by atoms with Crippen LogP contribution in [0, 0.1) is 5.92 Å². The molecular weight excluding hydrogens is 200 g/mol. The predicted molar refractivity (Wildman–Crippen MR) is 66.7 cm³/mol. The second-order valence-corrected chi connectivity index (χ2v) is 4.64.